The summed E-state index contributed by atoms with van der Waals surface area (Å²) in [7, 11) is -4.08. The van der Waals surface area contributed by atoms with Crippen molar-refractivity contribution in [3.63, 3.8) is 0 Å². The second-order valence-corrected chi connectivity index (χ2v) is 7.77. The van der Waals surface area contributed by atoms with Gasteiger partial charge in [0.2, 0.25) is 0 Å². The molecule has 0 aliphatic heterocycles. The number of aryl methyl sites for hydroxylation is 1. The summed E-state index contributed by atoms with van der Waals surface area (Å²) in [5, 5.41) is 7.75. The van der Waals surface area contributed by atoms with E-state index >= 15 is 0 Å². The number of sulfonamides is 1. The Kier molecular flexibility index (Phi) is 4.75. The van der Waals surface area contributed by atoms with Crippen molar-refractivity contribution in [2.75, 3.05) is 10.0 Å². The Balaban J connectivity index is 1.87. The van der Waals surface area contributed by atoms with E-state index in [0.717, 1.165) is 11.3 Å². The number of thiophene rings is 1. The van der Waals surface area contributed by atoms with Crippen LogP contribution in [0.15, 0.2) is 45.4 Å². The number of anilines is 2. The molecule has 2 N–H and O–H groups in total. The van der Waals surface area contributed by atoms with Crippen molar-refractivity contribution in [3.8, 4) is 0 Å². The van der Waals surface area contributed by atoms with Gasteiger partial charge in [-0.15, -0.1) is 11.3 Å². The predicted octanol–water partition coefficient (Wildman–Crippen LogP) is 3.15. The zero-order valence-electron chi connectivity index (χ0n) is 12.7. The first-order chi connectivity index (χ1) is 11.9. The standard InChI is InChI=1S/C14H11ClN4O4S2/c1-8-11(15)14(23-18-8)19-25(21,22)10-4-7-24-12(10)13(20)17-9-2-5-16-6-3-9/h2-7,19H,1H3,(H,16,17,20). The average molecular weight is 399 g/mol. The minimum atomic E-state index is -4.08. The lowest BCUT2D eigenvalue weighted by molar-refractivity contribution is 0.102. The molecule has 0 aliphatic rings. The molecule has 25 heavy (non-hydrogen) atoms. The number of hydrogen-bond acceptors (Lipinski definition) is 7. The van der Waals surface area contributed by atoms with Crippen molar-refractivity contribution in [1.29, 1.82) is 0 Å². The van der Waals surface area contributed by atoms with E-state index in [1.54, 1.807) is 19.1 Å². The first kappa shape index (κ1) is 17.4. The second-order valence-electron chi connectivity index (χ2n) is 4.82. The number of nitrogens with one attached hydrogen (secondary N) is 2. The molecule has 3 rings (SSSR count). The van der Waals surface area contributed by atoms with Gasteiger partial charge in [-0.1, -0.05) is 16.8 Å². The molecule has 3 aromatic rings. The van der Waals surface area contributed by atoms with Crippen molar-refractivity contribution in [3.05, 3.63) is 51.6 Å². The van der Waals surface area contributed by atoms with Crippen molar-refractivity contribution in [2.45, 2.75) is 11.8 Å². The van der Waals surface area contributed by atoms with Crippen LogP contribution in [0.5, 0.6) is 0 Å². The van der Waals surface area contributed by atoms with Gasteiger partial charge in [0.25, 0.3) is 21.8 Å². The maximum absolute atomic E-state index is 12.6. The normalized spacial score (nSPS) is 11.3. The van der Waals surface area contributed by atoms with Gasteiger partial charge in [-0.05, 0) is 30.5 Å². The number of nitrogens with zero attached hydrogens (tertiary/aromatic N) is 2. The van der Waals surface area contributed by atoms with Crippen LogP contribution in [0.1, 0.15) is 15.4 Å². The molecule has 0 aliphatic carbocycles. The molecule has 0 bridgehead atoms. The fraction of sp³-hybridized carbons (Fsp3) is 0.0714. The summed E-state index contributed by atoms with van der Waals surface area (Å²) in [6, 6.07) is 4.51. The molecule has 0 aromatic carbocycles. The van der Waals surface area contributed by atoms with E-state index in [2.05, 4.69) is 20.2 Å². The Morgan fingerprint density at radius 2 is 2.00 bits per heavy atom. The largest absolute Gasteiger partial charge is 0.336 e. The summed E-state index contributed by atoms with van der Waals surface area (Å²) < 4.78 is 32.2. The molecule has 0 fully saturated rings. The van der Waals surface area contributed by atoms with Crippen molar-refractivity contribution in [2.24, 2.45) is 0 Å². The maximum atomic E-state index is 12.6. The molecular formula is C14H11ClN4O4S2. The summed E-state index contributed by atoms with van der Waals surface area (Å²) >= 11 is 6.92. The molecule has 0 atom stereocenters. The number of hydrogen-bond donors (Lipinski definition) is 2. The lowest BCUT2D eigenvalue weighted by atomic mass is 10.4. The van der Waals surface area contributed by atoms with Gasteiger partial charge in [0.05, 0.1) is 0 Å². The van der Waals surface area contributed by atoms with Crippen molar-refractivity contribution in [1.82, 2.24) is 10.1 Å². The highest BCUT2D eigenvalue weighted by atomic mass is 35.5. The van der Waals surface area contributed by atoms with Crippen molar-refractivity contribution >= 4 is 50.4 Å². The third-order valence-corrected chi connectivity index (χ3v) is 5.94. The Morgan fingerprint density at radius 3 is 2.64 bits per heavy atom. The monoisotopic (exact) mass is 398 g/mol. The summed E-state index contributed by atoms with van der Waals surface area (Å²) in [5.74, 6) is -0.757. The number of aromatic nitrogens is 2. The summed E-state index contributed by atoms with van der Waals surface area (Å²) in [5.41, 5.74) is 0.846. The van der Waals surface area contributed by atoms with Gasteiger partial charge in [0.15, 0.2) is 0 Å². The topological polar surface area (TPSA) is 114 Å². The Bertz CT molecular complexity index is 1010. The summed E-state index contributed by atoms with van der Waals surface area (Å²) in [6.45, 7) is 1.57. The van der Waals surface area contributed by atoms with Crippen LogP contribution < -0.4 is 10.0 Å². The van der Waals surface area contributed by atoms with E-state index in [9.17, 15) is 13.2 Å². The lowest BCUT2D eigenvalue weighted by Crippen LogP contribution is -2.18. The number of pyridine rings is 1. The Morgan fingerprint density at radius 1 is 1.28 bits per heavy atom. The molecule has 0 radical (unpaired) electrons. The third kappa shape index (κ3) is 3.65. The maximum Gasteiger partial charge on any atom is 0.267 e. The summed E-state index contributed by atoms with van der Waals surface area (Å²) in [6.07, 6.45) is 3.02. The molecule has 130 valence electrons. The fourth-order valence-corrected chi connectivity index (χ4v) is 4.39. The number of rotatable bonds is 5. The molecule has 3 heterocycles. The Hall–Kier alpha value is -2.43. The summed E-state index contributed by atoms with van der Waals surface area (Å²) in [4.78, 5) is 16.1. The molecule has 8 nitrogen and oxygen atoms in total. The molecule has 1 amide bonds. The van der Waals surface area contributed by atoms with Gasteiger partial charge in [0.1, 0.15) is 20.5 Å². The lowest BCUT2D eigenvalue weighted by Gasteiger charge is -2.07. The van der Waals surface area contributed by atoms with Crippen LogP contribution in [0.4, 0.5) is 11.6 Å². The fourth-order valence-electron chi connectivity index (χ4n) is 1.90. The van der Waals surface area contributed by atoms with Gasteiger partial charge < -0.3 is 9.84 Å². The molecule has 0 unspecified atom stereocenters. The van der Waals surface area contributed by atoms with Gasteiger partial charge in [0, 0.05) is 18.1 Å². The van der Waals surface area contributed by atoms with Crippen LogP contribution in [0.2, 0.25) is 5.02 Å². The zero-order valence-corrected chi connectivity index (χ0v) is 15.1. The van der Waals surface area contributed by atoms with Crippen LogP contribution in [0, 0.1) is 6.92 Å². The minimum Gasteiger partial charge on any atom is -0.336 e. The molecule has 3 aromatic heterocycles. The van der Waals surface area contributed by atoms with E-state index in [1.807, 2.05) is 0 Å². The first-order valence-electron chi connectivity index (χ1n) is 6.82. The number of carbonyl (C=O) groups is 1. The van der Waals surface area contributed by atoms with E-state index in [0.29, 0.717) is 11.4 Å². The quantitative estimate of drug-likeness (QED) is 0.682. The SMILES string of the molecule is Cc1noc(NS(=O)(=O)c2ccsc2C(=O)Nc2ccncc2)c1Cl. The smallest absolute Gasteiger partial charge is 0.267 e. The third-order valence-electron chi connectivity index (χ3n) is 3.08. The van der Waals surface area contributed by atoms with Gasteiger partial charge >= 0.3 is 0 Å². The van der Waals surface area contributed by atoms with Crippen LogP contribution in [0.3, 0.4) is 0 Å². The van der Waals surface area contributed by atoms with E-state index in [4.69, 9.17) is 16.1 Å². The number of carbonyl (C=O) groups excluding carboxylic acids is 1. The molecule has 0 saturated heterocycles. The molecule has 11 heteroatoms. The minimum absolute atomic E-state index is 0.0247. The van der Waals surface area contributed by atoms with Crippen LogP contribution in [-0.2, 0) is 10.0 Å². The average Bonchev–Trinajstić information content (AvgIpc) is 3.19. The second kappa shape index (κ2) is 6.82. The molecule has 0 saturated carbocycles. The number of amides is 1. The van der Waals surface area contributed by atoms with E-state index < -0.39 is 15.9 Å². The zero-order chi connectivity index (χ0) is 18.0. The van der Waals surface area contributed by atoms with Gasteiger partial charge in [-0.3, -0.25) is 9.78 Å². The van der Waals surface area contributed by atoms with Crippen LogP contribution >= 0.6 is 22.9 Å². The molecule has 0 spiro atoms. The molecular weight excluding hydrogens is 388 g/mol. The van der Waals surface area contributed by atoms with Gasteiger partial charge in [-0.2, -0.15) is 0 Å². The number of halogens is 1. The Labute approximate surface area is 151 Å². The first-order valence-corrected chi connectivity index (χ1v) is 9.56. The predicted molar refractivity (Wildman–Crippen MR) is 93.6 cm³/mol. The van der Waals surface area contributed by atoms with Gasteiger partial charge in [-0.25, -0.2) is 13.1 Å². The van der Waals surface area contributed by atoms with E-state index in [-0.39, 0.29) is 20.7 Å². The highest BCUT2D eigenvalue weighted by molar-refractivity contribution is 7.93. The highest BCUT2D eigenvalue weighted by Crippen LogP contribution is 2.30. The highest BCUT2D eigenvalue weighted by Gasteiger charge is 2.26. The van der Waals surface area contributed by atoms with Crippen LogP contribution in [-0.4, -0.2) is 24.5 Å². The van der Waals surface area contributed by atoms with E-state index in [1.165, 1.54) is 23.8 Å². The van der Waals surface area contributed by atoms with Crippen LogP contribution in [0.25, 0.3) is 0 Å². The van der Waals surface area contributed by atoms with Crippen molar-refractivity contribution < 1.29 is 17.7 Å².